The number of nitrogens with zero attached hydrogens (tertiary/aromatic N) is 1. The number of rotatable bonds is 11. The molecule has 0 saturated carbocycles. The van der Waals surface area contributed by atoms with E-state index in [2.05, 4.69) is 5.32 Å². The lowest BCUT2D eigenvalue weighted by Crippen LogP contribution is -2.38. The van der Waals surface area contributed by atoms with Gasteiger partial charge in [-0.1, -0.05) is 60.5 Å². The monoisotopic (exact) mass is 534 g/mol. The molecule has 0 aliphatic rings. The summed E-state index contributed by atoms with van der Waals surface area (Å²) in [4.78, 5) is 31.4. The van der Waals surface area contributed by atoms with E-state index in [1.54, 1.807) is 25.1 Å². The van der Waals surface area contributed by atoms with E-state index < -0.39 is 11.4 Å². The molecule has 3 aromatic rings. The molecule has 0 aliphatic heterocycles. The van der Waals surface area contributed by atoms with Gasteiger partial charge < -0.3 is 14.8 Å². The molecule has 1 N–H and O–H groups in total. The molecule has 6 nitrogen and oxygen atoms in total. The first kappa shape index (κ1) is 27.0. The number of hydrogen-bond donors (Lipinski definition) is 1. The molecule has 186 valence electrons. The summed E-state index contributed by atoms with van der Waals surface area (Å²) in [6.45, 7) is 5.97. The van der Waals surface area contributed by atoms with E-state index in [1.807, 2.05) is 44.2 Å². The van der Waals surface area contributed by atoms with Crippen LogP contribution in [-0.2, 0) is 31.1 Å². The molecule has 0 bridgehead atoms. The molecule has 9 heteroatoms. The number of aromatic nitrogens is 1. The Morgan fingerprint density at radius 3 is 2.49 bits per heavy atom. The predicted molar refractivity (Wildman–Crippen MR) is 141 cm³/mol. The molecule has 1 atom stereocenters. The van der Waals surface area contributed by atoms with Crippen molar-refractivity contribution in [2.75, 3.05) is 11.9 Å². The van der Waals surface area contributed by atoms with Crippen molar-refractivity contribution in [3.8, 4) is 0 Å². The summed E-state index contributed by atoms with van der Waals surface area (Å²) in [6.07, 6.45) is 0.702. The zero-order valence-electron chi connectivity index (χ0n) is 19.9. The minimum absolute atomic E-state index is 0.0578. The largest absolute Gasteiger partial charge is 0.465 e. The van der Waals surface area contributed by atoms with Crippen LogP contribution in [0.4, 0.5) is 10.8 Å². The summed E-state index contributed by atoms with van der Waals surface area (Å²) >= 11 is 13.7. The van der Waals surface area contributed by atoms with Crippen molar-refractivity contribution < 1.29 is 19.1 Å². The number of thiazole rings is 1. The lowest BCUT2D eigenvalue weighted by atomic mass is 9.77. The van der Waals surface area contributed by atoms with Gasteiger partial charge in [0.2, 0.25) is 0 Å². The predicted octanol–water partition coefficient (Wildman–Crippen LogP) is 7.24. The Labute approximate surface area is 219 Å². The fourth-order valence-corrected chi connectivity index (χ4v) is 5.18. The Morgan fingerprint density at radius 2 is 1.83 bits per heavy atom. The third kappa shape index (κ3) is 6.75. The number of carbonyl (C=O) groups excluding carboxylic acids is 2. The Bertz CT molecular complexity index is 1170. The summed E-state index contributed by atoms with van der Waals surface area (Å²) < 4.78 is 10.9. The zero-order valence-corrected chi connectivity index (χ0v) is 22.2. The maximum absolute atomic E-state index is 13.2. The standard InChI is InChI=1S/C26H28Cl2N2O4S/c1-4-26(24(32)33-5-2,14-13-22(31)34-16-18-9-7-6-8-10-18)23-17(3)35-25(30-23)29-21-12-11-19(27)15-20(21)28/h6-12,15H,4-5,13-14,16H2,1-3H3,(H,29,30). The third-order valence-electron chi connectivity index (χ3n) is 5.69. The summed E-state index contributed by atoms with van der Waals surface area (Å²) in [6, 6.07) is 14.6. The van der Waals surface area contributed by atoms with Crippen LogP contribution in [0.1, 0.15) is 49.2 Å². The van der Waals surface area contributed by atoms with Crippen LogP contribution in [0, 0.1) is 6.92 Å². The van der Waals surface area contributed by atoms with Crippen LogP contribution in [0.3, 0.4) is 0 Å². The number of carbonyl (C=O) groups is 2. The molecule has 35 heavy (non-hydrogen) atoms. The van der Waals surface area contributed by atoms with Gasteiger partial charge in [-0.3, -0.25) is 9.59 Å². The van der Waals surface area contributed by atoms with Crippen molar-refractivity contribution in [2.24, 2.45) is 0 Å². The highest BCUT2D eigenvalue weighted by Gasteiger charge is 2.44. The van der Waals surface area contributed by atoms with Crippen LogP contribution < -0.4 is 5.32 Å². The van der Waals surface area contributed by atoms with E-state index >= 15 is 0 Å². The van der Waals surface area contributed by atoms with Crippen molar-refractivity contribution >= 4 is 57.3 Å². The van der Waals surface area contributed by atoms with Gasteiger partial charge in [0, 0.05) is 16.3 Å². The van der Waals surface area contributed by atoms with Crippen molar-refractivity contribution in [2.45, 2.75) is 52.1 Å². The number of benzene rings is 2. The van der Waals surface area contributed by atoms with Gasteiger partial charge in [0.15, 0.2) is 5.13 Å². The van der Waals surface area contributed by atoms with Gasteiger partial charge in [-0.05, 0) is 50.5 Å². The van der Waals surface area contributed by atoms with Gasteiger partial charge in [-0.25, -0.2) is 4.98 Å². The van der Waals surface area contributed by atoms with Gasteiger partial charge >= 0.3 is 11.9 Å². The van der Waals surface area contributed by atoms with Crippen LogP contribution in [0.2, 0.25) is 10.0 Å². The van der Waals surface area contributed by atoms with Crippen molar-refractivity contribution in [3.05, 3.63) is 74.7 Å². The van der Waals surface area contributed by atoms with Crippen molar-refractivity contribution in [1.82, 2.24) is 4.98 Å². The van der Waals surface area contributed by atoms with E-state index in [0.29, 0.717) is 33.0 Å². The average molecular weight is 535 g/mol. The number of esters is 2. The van der Waals surface area contributed by atoms with Gasteiger partial charge in [-0.2, -0.15) is 0 Å². The van der Waals surface area contributed by atoms with E-state index in [-0.39, 0.29) is 32.0 Å². The van der Waals surface area contributed by atoms with Crippen molar-refractivity contribution in [3.63, 3.8) is 0 Å². The van der Waals surface area contributed by atoms with E-state index in [4.69, 9.17) is 37.7 Å². The van der Waals surface area contributed by atoms with E-state index in [9.17, 15) is 9.59 Å². The molecule has 0 fully saturated rings. The zero-order chi connectivity index (χ0) is 25.4. The lowest BCUT2D eigenvalue weighted by Gasteiger charge is -2.29. The fourth-order valence-electron chi connectivity index (χ4n) is 3.80. The maximum atomic E-state index is 13.2. The second-order valence-electron chi connectivity index (χ2n) is 7.98. The summed E-state index contributed by atoms with van der Waals surface area (Å²) in [5.41, 5.74) is 1.07. The van der Waals surface area contributed by atoms with Crippen LogP contribution in [0.5, 0.6) is 0 Å². The molecule has 0 aliphatic carbocycles. The molecule has 0 amide bonds. The Kier molecular flexibility index (Phi) is 9.55. The molecule has 3 rings (SSSR count). The summed E-state index contributed by atoms with van der Waals surface area (Å²) in [5.74, 6) is -0.780. The maximum Gasteiger partial charge on any atom is 0.318 e. The highest BCUT2D eigenvalue weighted by atomic mass is 35.5. The van der Waals surface area contributed by atoms with Gasteiger partial charge in [-0.15, -0.1) is 11.3 Å². The molecular formula is C26H28Cl2N2O4S. The molecule has 0 saturated heterocycles. The summed E-state index contributed by atoms with van der Waals surface area (Å²) in [5, 5.41) is 4.77. The molecule has 1 aromatic heterocycles. The highest BCUT2D eigenvalue weighted by Crippen LogP contribution is 2.40. The first-order valence-corrected chi connectivity index (χ1v) is 12.9. The second-order valence-corrected chi connectivity index (χ2v) is 10.0. The second kappa shape index (κ2) is 12.4. The number of ether oxygens (including phenoxy) is 2. The first-order valence-electron chi connectivity index (χ1n) is 11.4. The minimum Gasteiger partial charge on any atom is -0.465 e. The number of halogens is 2. The molecule has 0 radical (unpaired) electrons. The van der Waals surface area contributed by atoms with E-state index in [0.717, 1.165) is 10.4 Å². The highest BCUT2D eigenvalue weighted by molar-refractivity contribution is 7.15. The average Bonchev–Trinajstić information content (AvgIpc) is 3.21. The third-order valence-corrected chi connectivity index (χ3v) is 7.12. The number of aryl methyl sites for hydroxylation is 1. The number of nitrogens with one attached hydrogen (secondary N) is 1. The Morgan fingerprint density at radius 1 is 1.09 bits per heavy atom. The molecule has 2 aromatic carbocycles. The minimum atomic E-state index is -1.08. The van der Waals surface area contributed by atoms with Crippen LogP contribution >= 0.6 is 34.5 Å². The van der Waals surface area contributed by atoms with Crippen molar-refractivity contribution in [1.29, 1.82) is 0 Å². The SMILES string of the molecule is CCOC(=O)C(CC)(CCC(=O)OCc1ccccc1)c1nc(Nc2ccc(Cl)cc2Cl)sc1C. The summed E-state index contributed by atoms with van der Waals surface area (Å²) in [7, 11) is 0. The molecular weight excluding hydrogens is 507 g/mol. The lowest BCUT2D eigenvalue weighted by molar-refractivity contribution is -0.152. The van der Waals surface area contributed by atoms with Crippen LogP contribution in [0.25, 0.3) is 0 Å². The van der Waals surface area contributed by atoms with Crippen LogP contribution in [0.15, 0.2) is 48.5 Å². The van der Waals surface area contributed by atoms with Gasteiger partial charge in [0.25, 0.3) is 0 Å². The Hall–Kier alpha value is -2.61. The molecule has 1 heterocycles. The van der Waals surface area contributed by atoms with Gasteiger partial charge in [0.1, 0.15) is 12.0 Å². The molecule has 1 unspecified atom stereocenters. The molecule has 0 spiro atoms. The van der Waals surface area contributed by atoms with Crippen LogP contribution in [-0.4, -0.2) is 23.5 Å². The topological polar surface area (TPSA) is 77.5 Å². The number of hydrogen-bond acceptors (Lipinski definition) is 7. The quantitative estimate of drug-likeness (QED) is 0.261. The number of anilines is 2. The fraction of sp³-hybridized carbons (Fsp3) is 0.346. The first-order chi connectivity index (χ1) is 16.8. The smallest absolute Gasteiger partial charge is 0.318 e. The normalized spacial score (nSPS) is 12.6. The van der Waals surface area contributed by atoms with E-state index in [1.165, 1.54) is 11.3 Å². The van der Waals surface area contributed by atoms with Gasteiger partial charge in [0.05, 0.1) is 23.0 Å². The Balaban J connectivity index is 1.81.